The van der Waals surface area contributed by atoms with Gasteiger partial charge in [-0.25, -0.2) is 0 Å². The Labute approximate surface area is 120 Å². The van der Waals surface area contributed by atoms with E-state index in [1.165, 1.54) is 12.1 Å². The molecule has 0 spiro atoms. The van der Waals surface area contributed by atoms with Crippen LogP contribution in [0.25, 0.3) is 0 Å². The van der Waals surface area contributed by atoms with Crippen molar-refractivity contribution in [3.63, 3.8) is 0 Å². The summed E-state index contributed by atoms with van der Waals surface area (Å²) >= 11 is -2.37. The Hall–Kier alpha value is -1.73. The molecule has 0 saturated heterocycles. The highest BCUT2D eigenvalue weighted by atomic mass is 32.2. The number of Topliss-reactive ketones (excluding diaryl/α,β-unsaturated/α-hetero) is 1. The molecule has 20 heavy (non-hydrogen) atoms. The summed E-state index contributed by atoms with van der Waals surface area (Å²) in [7, 11) is 0. The number of rotatable bonds is 7. The molecule has 0 heterocycles. The Morgan fingerprint density at radius 2 is 1.70 bits per heavy atom. The zero-order valence-electron chi connectivity index (χ0n) is 11.3. The molecule has 7 heteroatoms. The average Bonchev–Trinajstić information content (AvgIpc) is 2.37. The fraction of sp³-hybridized carbons (Fsp3) is 0.385. The summed E-state index contributed by atoms with van der Waals surface area (Å²) < 4.78 is 23.0. The van der Waals surface area contributed by atoms with Crippen LogP contribution in [0.4, 0.5) is 11.4 Å². The number of hydrogen-bond acceptors (Lipinski definition) is 4. The van der Waals surface area contributed by atoms with E-state index < -0.39 is 11.3 Å². The Bertz CT molecular complexity index is 500. The van der Waals surface area contributed by atoms with Crippen LogP contribution in [-0.2, 0) is 20.9 Å². The molecule has 1 amide bonds. The maximum Gasteiger partial charge on any atom is 0.224 e. The molecule has 1 aromatic carbocycles. The monoisotopic (exact) mass is 297 g/mol. The van der Waals surface area contributed by atoms with Crippen LogP contribution in [0.2, 0.25) is 0 Å². The molecule has 0 aromatic heterocycles. The third-order valence-electron chi connectivity index (χ3n) is 2.61. The first-order valence-corrected chi connectivity index (χ1v) is 7.24. The van der Waals surface area contributed by atoms with Gasteiger partial charge in [0, 0.05) is 41.4 Å². The molecule has 1 rings (SSSR count). The van der Waals surface area contributed by atoms with Gasteiger partial charge in [0.25, 0.3) is 0 Å². The third-order valence-corrected chi connectivity index (χ3v) is 3.01. The highest BCUT2D eigenvalue weighted by Gasteiger charge is 2.10. The summed E-state index contributed by atoms with van der Waals surface area (Å²) in [5, 5.41) is 2.64. The van der Waals surface area contributed by atoms with Crippen molar-refractivity contribution in [3.05, 3.63) is 24.3 Å². The molecule has 0 aliphatic carbocycles. The van der Waals surface area contributed by atoms with Crippen molar-refractivity contribution in [1.82, 2.24) is 0 Å². The highest BCUT2D eigenvalue weighted by molar-refractivity contribution is 7.80. The fourth-order valence-electron chi connectivity index (χ4n) is 1.47. The lowest BCUT2D eigenvalue weighted by atomic mass is 10.0. The lowest BCUT2D eigenvalue weighted by Gasteiger charge is -2.10. The Morgan fingerprint density at radius 1 is 1.15 bits per heavy atom. The molecule has 0 aliphatic heterocycles. The Kier molecular flexibility index (Phi) is 6.33. The fourth-order valence-corrected chi connectivity index (χ4v) is 1.80. The van der Waals surface area contributed by atoms with Crippen molar-refractivity contribution < 1.29 is 18.4 Å². The second kappa shape index (κ2) is 7.76. The predicted octanol–water partition coefficient (Wildman–Crippen LogP) is 1.84. The van der Waals surface area contributed by atoms with E-state index in [1.807, 2.05) is 0 Å². The smallest absolute Gasteiger partial charge is 0.224 e. The number of carbonyl (C=O) groups is 2. The number of amides is 1. The SMILES string of the molecule is CC(C)C(=O)CCC(=O)Nc1ccc(NS(=O)[O-])cc1. The molecule has 1 aromatic rings. The van der Waals surface area contributed by atoms with Gasteiger partial charge in [-0.05, 0) is 24.3 Å². The van der Waals surface area contributed by atoms with Gasteiger partial charge in [-0.15, -0.1) is 0 Å². The largest absolute Gasteiger partial charge is 0.755 e. The van der Waals surface area contributed by atoms with Gasteiger partial charge in [-0.1, -0.05) is 13.8 Å². The number of carbonyl (C=O) groups excluding carboxylic acids is 2. The Balaban J connectivity index is 2.46. The second-order valence-corrected chi connectivity index (χ2v) is 5.26. The minimum absolute atomic E-state index is 0.0534. The minimum atomic E-state index is -2.37. The van der Waals surface area contributed by atoms with E-state index in [0.717, 1.165) is 0 Å². The number of anilines is 2. The standard InChI is InChI=1S/C13H18N2O4S/c1-9(2)12(16)7-8-13(17)14-10-3-5-11(6-4-10)15-20(18)19/h3-6,9,15H,7-8H2,1-2H3,(H,14,17)(H,18,19)/p-1. The molecular formula is C13H17N2O4S-. The van der Waals surface area contributed by atoms with Crippen LogP contribution in [0.15, 0.2) is 24.3 Å². The van der Waals surface area contributed by atoms with Crippen molar-refractivity contribution in [3.8, 4) is 0 Å². The van der Waals surface area contributed by atoms with Crippen LogP contribution in [0, 0.1) is 5.92 Å². The second-order valence-electron chi connectivity index (χ2n) is 4.58. The molecule has 0 bridgehead atoms. The van der Waals surface area contributed by atoms with Crippen molar-refractivity contribution in [2.24, 2.45) is 5.92 Å². The van der Waals surface area contributed by atoms with Gasteiger partial charge in [0.1, 0.15) is 5.78 Å². The topological polar surface area (TPSA) is 98.3 Å². The highest BCUT2D eigenvalue weighted by Crippen LogP contribution is 2.14. The minimum Gasteiger partial charge on any atom is -0.755 e. The van der Waals surface area contributed by atoms with Crippen LogP contribution >= 0.6 is 0 Å². The van der Waals surface area contributed by atoms with Crippen molar-refractivity contribution in [2.75, 3.05) is 10.0 Å². The zero-order valence-corrected chi connectivity index (χ0v) is 12.2. The number of benzene rings is 1. The van der Waals surface area contributed by atoms with Gasteiger partial charge in [0.05, 0.1) is 0 Å². The molecule has 6 nitrogen and oxygen atoms in total. The summed E-state index contributed by atoms with van der Waals surface area (Å²) in [5.41, 5.74) is 0.959. The summed E-state index contributed by atoms with van der Waals surface area (Å²) in [5.74, 6) is -0.258. The van der Waals surface area contributed by atoms with E-state index in [4.69, 9.17) is 0 Å². The van der Waals surface area contributed by atoms with E-state index in [9.17, 15) is 18.4 Å². The van der Waals surface area contributed by atoms with Gasteiger partial charge < -0.3 is 14.6 Å². The van der Waals surface area contributed by atoms with Crippen LogP contribution in [-0.4, -0.2) is 20.5 Å². The maximum atomic E-state index is 11.6. The van der Waals surface area contributed by atoms with Gasteiger partial charge in [-0.3, -0.25) is 13.8 Å². The summed E-state index contributed by atoms with van der Waals surface area (Å²) in [6.07, 6.45) is 0.361. The molecule has 0 saturated carbocycles. The lowest BCUT2D eigenvalue weighted by molar-refractivity contribution is -0.124. The zero-order chi connectivity index (χ0) is 15.1. The third kappa shape index (κ3) is 5.94. The van der Waals surface area contributed by atoms with E-state index in [-0.39, 0.29) is 30.4 Å². The van der Waals surface area contributed by atoms with E-state index in [1.54, 1.807) is 26.0 Å². The number of hydrogen-bond donors (Lipinski definition) is 2. The average molecular weight is 297 g/mol. The Morgan fingerprint density at radius 3 is 2.20 bits per heavy atom. The molecule has 0 fully saturated rings. The molecule has 110 valence electrons. The lowest BCUT2D eigenvalue weighted by Crippen LogP contribution is -2.15. The van der Waals surface area contributed by atoms with Crippen molar-refractivity contribution in [1.29, 1.82) is 0 Å². The molecular weight excluding hydrogens is 280 g/mol. The molecule has 0 aliphatic rings. The number of ketones is 1. The molecule has 1 unspecified atom stereocenters. The maximum absolute atomic E-state index is 11.6. The van der Waals surface area contributed by atoms with Crippen LogP contribution in [0.3, 0.4) is 0 Å². The predicted molar refractivity (Wildman–Crippen MR) is 76.7 cm³/mol. The summed E-state index contributed by atoms with van der Waals surface area (Å²) in [6.45, 7) is 3.60. The van der Waals surface area contributed by atoms with Crippen molar-refractivity contribution >= 4 is 34.3 Å². The van der Waals surface area contributed by atoms with E-state index >= 15 is 0 Å². The van der Waals surface area contributed by atoms with E-state index in [0.29, 0.717) is 11.4 Å². The van der Waals surface area contributed by atoms with E-state index in [2.05, 4.69) is 10.0 Å². The summed E-state index contributed by atoms with van der Waals surface area (Å²) in [6, 6.07) is 6.23. The first-order valence-electron chi connectivity index (χ1n) is 6.17. The van der Waals surface area contributed by atoms with Crippen LogP contribution in [0.5, 0.6) is 0 Å². The molecule has 0 radical (unpaired) electrons. The summed E-state index contributed by atoms with van der Waals surface area (Å²) in [4.78, 5) is 23.0. The van der Waals surface area contributed by atoms with Gasteiger partial charge >= 0.3 is 0 Å². The molecule has 2 N–H and O–H groups in total. The quantitative estimate of drug-likeness (QED) is 0.750. The van der Waals surface area contributed by atoms with Gasteiger partial charge in [0.2, 0.25) is 5.91 Å². The first kappa shape index (κ1) is 16.3. The normalized spacial score (nSPS) is 12.0. The van der Waals surface area contributed by atoms with Crippen LogP contribution < -0.4 is 10.0 Å². The van der Waals surface area contributed by atoms with Crippen LogP contribution in [0.1, 0.15) is 26.7 Å². The van der Waals surface area contributed by atoms with Crippen molar-refractivity contribution in [2.45, 2.75) is 26.7 Å². The number of nitrogens with one attached hydrogen (secondary N) is 2. The first-order chi connectivity index (χ1) is 9.38. The molecule has 1 atom stereocenters. The van der Waals surface area contributed by atoms with Gasteiger partial charge in [0.15, 0.2) is 0 Å². The van der Waals surface area contributed by atoms with Gasteiger partial charge in [-0.2, -0.15) is 0 Å².